The molecule has 14 heavy (non-hydrogen) atoms. The molecule has 1 heterocycles. The zero-order chi connectivity index (χ0) is 10.2. The molecule has 1 aliphatic heterocycles. The van der Waals surface area contributed by atoms with Crippen LogP contribution in [0, 0.1) is 10.8 Å². The molecule has 2 rings (SSSR count). The van der Waals surface area contributed by atoms with Gasteiger partial charge in [-0.1, -0.05) is 26.7 Å². The molecular weight excluding hydrogens is 176 g/mol. The lowest BCUT2D eigenvalue weighted by Gasteiger charge is -2.49. The molecule has 0 bridgehead atoms. The van der Waals surface area contributed by atoms with Crippen LogP contribution in [0.5, 0.6) is 0 Å². The molecule has 1 saturated carbocycles. The van der Waals surface area contributed by atoms with Crippen LogP contribution in [0.3, 0.4) is 0 Å². The van der Waals surface area contributed by atoms with E-state index >= 15 is 0 Å². The second-order valence-electron chi connectivity index (χ2n) is 5.69. The molecule has 0 amide bonds. The highest BCUT2D eigenvalue weighted by Crippen LogP contribution is 2.53. The lowest BCUT2D eigenvalue weighted by atomic mass is 9.56. The van der Waals surface area contributed by atoms with Crippen molar-refractivity contribution >= 4 is 0 Å². The van der Waals surface area contributed by atoms with Crippen LogP contribution in [-0.2, 0) is 4.74 Å². The summed E-state index contributed by atoms with van der Waals surface area (Å²) in [7, 11) is 0. The molecule has 0 spiro atoms. The van der Waals surface area contributed by atoms with Crippen molar-refractivity contribution < 1.29 is 9.84 Å². The van der Waals surface area contributed by atoms with E-state index in [-0.39, 0.29) is 10.8 Å². The van der Waals surface area contributed by atoms with E-state index in [2.05, 4.69) is 13.8 Å². The van der Waals surface area contributed by atoms with Gasteiger partial charge in [-0.2, -0.15) is 0 Å². The van der Waals surface area contributed by atoms with Crippen LogP contribution in [-0.4, -0.2) is 24.4 Å². The Kier molecular flexibility index (Phi) is 2.61. The van der Waals surface area contributed by atoms with Crippen LogP contribution in [0.25, 0.3) is 0 Å². The van der Waals surface area contributed by atoms with Crippen molar-refractivity contribution in [2.24, 2.45) is 10.8 Å². The first-order valence-electron chi connectivity index (χ1n) is 5.82. The molecule has 1 saturated heterocycles. The number of rotatable bonds is 3. The van der Waals surface area contributed by atoms with Gasteiger partial charge in [-0.05, 0) is 24.7 Å². The fourth-order valence-corrected chi connectivity index (χ4v) is 2.99. The lowest BCUT2D eigenvalue weighted by Crippen LogP contribution is -2.44. The minimum Gasteiger partial charge on any atom is -0.396 e. The zero-order valence-corrected chi connectivity index (χ0v) is 9.38. The fourth-order valence-electron chi connectivity index (χ4n) is 2.99. The molecule has 2 nitrogen and oxygen atoms in total. The highest BCUT2D eigenvalue weighted by molar-refractivity contribution is 4.98. The monoisotopic (exact) mass is 198 g/mol. The number of aliphatic hydroxyl groups excluding tert-OH is 1. The normalized spacial score (nSPS) is 40.9. The SMILES string of the molecule is CC1(C)CCCCC1(CO)CC1CO1. The van der Waals surface area contributed by atoms with Crippen molar-refractivity contribution in [3.63, 3.8) is 0 Å². The Bertz CT molecular complexity index is 208. The van der Waals surface area contributed by atoms with Crippen LogP contribution in [0.4, 0.5) is 0 Å². The van der Waals surface area contributed by atoms with Gasteiger partial charge in [0.25, 0.3) is 0 Å². The highest BCUT2D eigenvalue weighted by atomic mass is 16.6. The average molecular weight is 198 g/mol. The van der Waals surface area contributed by atoms with E-state index in [1.54, 1.807) is 0 Å². The standard InChI is InChI=1S/C12H22O2/c1-11(2)5-3-4-6-12(11,9-13)7-10-8-14-10/h10,13H,3-9H2,1-2H3. The predicted molar refractivity (Wildman–Crippen MR) is 56.1 cm³/mol. The van der Waals surface area contributed by atoms with E-state index in [4.69, 9.17) is 4.74 Å². The van der Waals surface area contributed by atoms with Gasteiger partial charge in [-0.15, -0.1) is 0 Å². The molecule has 2 heteroatoms. The van der Waals surface area contributed by atoms with Crippen LogP contribution in [0.1, 0.15) is 46.0 Å². The highest BCUT2D eigenvalue weighted by Gasteiger charge is 2.49. The van der Waals surface area contributed by atoms with Crippen LogP contribution < -0.4 is 0 Å². The largest absolute Gasteiger partial charge is 0.396 e. The van der Waals surface area contributed by atoms with Gasteiger partial charge in [-0.3, -0.25) is 0 Å². The van der Waals surface area contributed by atoms with Crippen molar-refractivity contribution in [1.29, 1.82) is 0 Å². The van der Waals surface area contributed by atoms with E-state index in [9.17, 15) is 5.11 Å². The van der Waals surface area contributed by atoms with Crippen LogP contribution >= 0.6 is 0 Å². The predicted octanol–water partition coefficient (Wildman–Crippen LogP) is 2.35. The van der Waals surface area contributed by atoms with Crippen molar-refractivity contribution in [3.8, 4) is 0 Å². The van der Waals surface area contributed by atoms with Crippen molar-refractivity contribution in [1.82, 2.24) is 0 Å². The Morgan fingerprint density at radius 1 is 1.29 bits per heavy atom. The molecule has 2 atom stereocenters. The lowest BCUT2D eigenvalue weighted by molar-refractivity contribution is -0.0453. The van der Waals surface area contributed by atoms with Gasteiger partial charge in [0.2, 0.25) is 0 Å². The smallest absolute Gasteiger partial charge is 0.0816 e. The number of hydrogen-bond donors (Lipinski definition) is 1. The van der Waals surface area contributed by atoms with Crippen molar-refractivity contribution in [2.45, 2.75) is 52.1 Å². The van der Waals surface area contributed by atoms with Crippen molar-refractivity contribution in [2.75, 3.05) is 13.2 Å². The molecule has 0 aromatic carbocycles. The molecule has 0 aromatic heterocycles. The number of hydrogen-bond acceptors (Lipinski definition) is 2. The third kappa shape index (κ3) is 1.70. The third-order valence-electron chi connectivity index (χ3n) is 4.47. The summed E-state index contributed by atoms with van der Waals surface area (Å²) in [5, 5.41) is 9.70. The molecule has 0 aromatic rings. The topological polar surface area (TPSA) is 32.8 Å². The van der Waals surface area contributed by atoms with E-state index in [1.807, 2.05) is 0 Å². The van der Waals surface area contributed by atoms with Gasteiger partial charge in [0.15, 0.2) is 0 Å². The van der Waals surface area contributed by atoms with Gasteiger partial charge in [0.1, 0.15) is 0 Å². The summed E-state index contributed by atoms with van der Waals surface area (Å²) >= 11 is 0. The molecule has 1 aliphatic carbocycles. The fraction of sp³-hybridized carbons (Fsp3) is 1.00. The molecular formula is C12H22O2. The summed E-state index contributed by atoms with van der Waals surface area (Å²) in [4.78, 5) is 0. The molecule has 2 aliphatic rings. The first-order valence-corrected chi connectivity index (χ1v) is 5.82. The maximum absolute atomic E-state index is 9.70. The maximum atomic E-state index is 9.70. The number of ether oxygens (including phenoxy) is 1. The Morgan fingerprint density at radius 2 is 1.93 bits per heavy atom. The van der Waals surface area contributed by atoms with Crippen LogP contribution in [0.15, 0.2) is 0 Å². The van der Waals surface area contributed by atoms with Gasteiger partial charge in [0, 0.05) is 12.0 Å². The van der Waals surface area contributed by atoms with Gasteiger partial charge in [-0.25, -0.2) is 0 Å². The van der Waals surface area contributed by atoms with Gasteiger partial charge in [0.05, 0.1) is 12.7 Å². The molecule has 0 radical (unpaired) electrons. The molecule has 82 valence electrons. The number of aliphatic hydroxyl groups is 1. The van der Waals surface area contributed by atoms with E-state index < -0.39 is 0 Å². The van der Waals surface area contributed by atoms with Crippen LogP contribution in [0.2, 0.25) is 0 Å². The summed E-state index contributed by atoms with van der Waals surface area (Å²) in [5.41, 5.74) is 0.415. The Balaban J connectivity index is 2.12. The maximum Gasteiger partial charge on any atom is 0.0816 e. The summed E-state index contributed by atoms with van der Waals surface area (Å²) in [6.45, 7) is 5.87. The Labute approximate surface area is 86.6 Å². The number of epoxide rings is 1. The molecule has 2 fully saturated rings. The van der Waals surface area contributed by atoms with E-state index in [0.717, 1.165) is 13.0 Å². The Hall–Kier alpha value is -0.0800. The van der Waals surface area contributed by atoms with Crippen molar-refractivity contribution in [3.05, 3.63) is 0 Å². The quantitative estimate of drug-likeness (QED) is 0.706. The van der Waals surface area contributed by atoms with E-state index in [1.165, 1.54) is 25.7 Å². The second-order valence-corrected chi connectivity index (χ2v) is 5.69. The summed E-state index contributed by atoms with van der Waals surface area (Å²) < 4.78 is 5.32. The van der Waals surface area contributed by atoms with E-state index in [0.29, 0.717) is 12.7 Å². The first-order chi connectivity index (χ1) is 6.60. The minimum absolute atomic E-state index is 0.131. The molecule has 2 unspecified atom stereocenters. The summed E-state index contributed by atoms with van der Waals surface area (Å²) in [6, 6.07) is 0. The first kappa shape index (κ1) is 10.4. The average Bonchev–Trinajstić information content (AvgIpc) is 2.92. The summed E-state index contributed by atoms with van der Waals surface area (Å²) in [5.74, 6) is 0. The summed E-state index contributed by atoms with van der Waals surface area (Å²) in [6.07, 6.45) is 6.53. The van der Waals surface area contributed by atoms with Gasteiger partial charge >= 0.3 is 0 Å². The second kappa shape index (κ2) is 3.49. The third-order valence-corrected chi connectivity index (χ3v) is 4.47. The zero-order valence-electron chi connectivity index (χ0n) is 9.38. The van der Waals surface area contributed by atoms with Gasteiger partial charge < -0.3 is 9.84 Å². The minimum atomic E-state index is 0.131. The Morgan fingerprint density at radius 3 is 2.43 bits per heavy atom. The molecule has 1 N–H and O–H groups in total.